The van der Waals surface area contributed by atoms with E-state index in [4.69, 9.17) is 14.2 Å². The van der Waals surface area contributed by atoms with Gasteiger partial charge in [0.15, 0.2) is 6.10 Å². The van der Waals surface area contributed by atoms with Crippen molar-refractivity contribution in [1.29, 1.82) is 0 Å². The van der Waals surface area contributed by atoms with Gasteiger partial charge in [-0.15, -0.1) is 0 Å². The zero-order valence-electron chi connectivity index (χ0n) is 52.8. The topological polar surface area (TPSA) is 78.9 Å². The molecule has 0 amide bonds. The average Bonchev–Trinajstić information content (AvgIpc) is 3.46. The molecule has 0 aliphatic rings. The smallest absolute Gasteiger partial charge is 0.306 e. The Balaban J connectivity index is 4.17. The highest BCUT2D eigenvalue weighted by Gasteiger charge is 2.19. The molecular weight excluding hydrogens is 985 g/mol. The van der Waals surface area contributed by atoms with Crippen LogP contribution >= 0.6 is 0 Å². The number of esters is 3. The number of carbonyl (C=O) groups excluding carboxylic acids is 3. The van der Waals surface area contributed by atoms with Crippen LogP contribution in [-0.2, 0) is 28.6 Å². The van der Waals surface area contributed by atoms with E-state index in [-0.39, 0.29) is 31.1 Å². The zero-order valence-corrected chi connectivity index (χ0v) is 52.8. The molecule has 0 aromatic carbocycles. The van der Waals surface area contributed by atoms with Crippen molar-refractivity contribution in [2.45, 2.75) is 341 Å². The predicted molar refractivity (Wildman–Crippen MR) is 348 cm³/mol. The molecular formula is C74H128O6. The molecule has 0 saturated carbocycles. The van der Waals surface area contributed by atoms with Crippen LogP contribution in [-0.4, -0.2) is 37.2 Å². The number of ether oxygens (including phenoxy) is 3. The molecule has 0 rings (SSSR count). The highest BCUT2D eigenvalue weighted by molar-refractivity contribution is 5.71. The molecule has 0 aliphatic heterocycles. The van der Waals surface area contributed by atoms with Gasteiger partial charge in [-0.25, -0.2) is 0 Å². The van der Waals surface area contributed by atoms with Gasteiger partial charge in [0.1, 0.15) is 13.2 Å². The molecule has 460 valence electrons. The molecule has 0 aliphatic carbocycles. The summed E-state index contributed by atoms with van der Waals surface area (Å²) in [6.45, 7) is 6.47. The maximum Gasteiger partial charge on any atom is 0.306 e. The first-order valence-electron chi connectivity index (χ1n) is 34.2. The summed E-state index contributed by atoms with van der Waals surface area (Å²) in [6, 6.07) is 0. The summed E-state index contributed by atoms with van der Waals surface area (Å²) in [5.41, 5.74) is 0. The molecule has 1 atom stereocenters. The summed E-state index contributed by atoms with van der Waals surface area (Å²) in [7, 11) is 0. The molecule has 0 aromatic heterocycles. The van der Waals surface area contributed by atoms with Gasteiger partial charge in [-0.2, -0.15) is 0 Å². The molecule has 6 heteroatoms. The Morgan fingerprint density at radius 2 is 0.512 bits per heavy atom. The minimum atomic E-state index is -0.787. The highest BCUT2D eigenvalue weighted by atomic mass is 16.6. The highest BCUT2D eigenvalue weighted by Crippen LogP contribution is 2.17. The average molecular weight is 1110 g/mol. The second-order valence-electron chi connectivity index (χ2n) is 22.7. The van der Waals surface area contributed by atoms with Gasteiger partial charge in [-0.05, 0) is 116 Å². The van der Waals surface area contributed by atoms with E-state index in [0.717, 1.165) is 128 Å². The van der Waals surface area contributed by atoms with E-state index < -0.39 is 6.10 Å². The van der Waals surface area contributed by atoms with Crippen LogP contribution in [0.3, 0.4) is 0 Å². The van der Waals surface area contributed by atoms with Gasteiger partial charge in [-0.1, -0.05) is 298 Å². The number of rotatable bonds is 62. The van der Waals surface area contributed by atoms with Gasteiger partial charge >= 0.3 is 17.9 Å². The summed E-state index contributed by atoms with van der Waals surface area (Å²) in [5, 5.41) is 0. The Hall–Kier alpha value is -3.67. The maximum atomic E-state index is 12.9. The fraction of sp³-hybridized carbons (Fsp3) is 0.743. The van der Waals surface area contributed by atoms with Gasteiger partial charge in [0.05, 0.1) is 0 Å². The third-order valence-electron chi connectivity index (χ3n) is 14.8. The minimum Gasteiger partial charge on any atom is -0.462 e. The van der Waals surface area contributed by atoms with Crippen LogP contribution in [0.25, 0.3) is 0 Å². The Morgan fingerprint density at radius 3 is 0.825 bits per heavy atom. The van der Waals surface area contributed by atoms with E-state index in [1.807, 2.05) is 0 Å². The van der Waals surface area contributed by atoms with Crippen molar-refractivity contribution >= 4 is 17.9 Å². The molecule has 0 spiro atoms. The first kappa shape index (κ1) is 76.3. The van der Waals surface area contributed by atoms with Crippen molar-refractivity contribution in [1.82, 2.24) is 0 Å². The second-order valence-corrected chi connectivity index (χ2v) is 22.7. The Bertz CT molecular complexity index is 1560. The van der Waals surface area contributed by atoms with Crippen molar-refractivity contribution in [3.8, 4) is 0 Å². The summed E-state index contributed by atoms with van der Waals surface area (Å²) >= 11 is 0. The molecule has 1 unspecified atom stereocenters. The predicted octanol–water partition coefficient (Wildman–Crippen LogP) is 23.6. The third-order valence-corrected chi connectivity index (χ3v) is 14.8. The van der Waals surface area contributed by atoms with Crippen LogP contribution in [0.2, 0.25) is 0 Å². The zero-order chi connectivity index (χ0) is 57.8. The lowest BCUT2D eigenvalue weighted by molar-refractivity contribution is -0.167. The van der Waals surface area contributed by atoms with Crippen LogP contribution in [0.15, 0.2) is 97.2 Å². The monoisotopic (exact) mass is 1110 g/mol. The van der Waals surface area contributed by atoms with Gasteiger partial charge < -0.3 is 14.2 Å². The van der Waals surface area contributed by atoms with Gasteiger partial charge in [0.25, 0.3) is 0 Å². The largest absolute Gasteiger partial charge is 0.462 e. The standard InChI is InChI=1S/C74H128O6/c1-4-7-10-13-16-19-22-25-27-29-30-31-32-33-34-35-36-37-38-39-40-41-42-43-44-45-47-49-52-55-58-61-64-67-73(76)79-70-71(69-78-72(75)66-63-60-57-54-51-48-24-21-18-15-12-9-6-3)80-74(77)68-65-62-59-56-53-50-46-28-26-23-20-17-14-11-8-5-2/h7,10,12,15-16,19,21,24-25,27-28,30-31,33-34,46,71H,4-6,8-9,11,13-14,17-18,20,22-23,26,29,32,35-45,47-70H2,1-3H3/b10-7-,15-12-,19-16-,24-21-,27-25-,31-30-,34-33-,46-28-. The van der Waals surface area contributed by atoms with Crippen molar-refractivity contribution in [2.24, 2.45) is 0 Å². The number of carbonyl (C=O) groups is 3. The van der Waals surface area contributed by atoms with E-state index in [1.165, 1.54) is 167 Å². The molecule has 0 fully saturated rings. The Morgan fingerprint density at radius 1 is 0.263 bits per heavy atom. The van der Waals surface area contributed by atoms with Crippen molar-refractivity contribution < 1.29 is 28.6 Å². The third kappa shape index (κ3) is 65.1. The Labute approximate surface area is 496 Å². The quantitative estimate of drug-likeness (QED) is 0.0261. The fourth-order valence-electron chi connectivity index (χ4n) is 9.68. The van der Waals surface area contributed by atoms with Crippen LogP contribution in [0.4, 0.5) is 0 Å². The minimum absolute atomic E-state index is 0.0821. The van der Waals surface area contributed by atoms with E-state index >= 15 is 0 Å². The van der Waals surface area contributed by atoms with Crippen LogP contribution in [0.5, 0.6) is 0 Å². The van der Waals surface area contributed by atoms with Crippen molar-refractivity contribution in [3.63, 3.8) is 0 Å². The molecule has 6 nitrogen and oxygen atoms in total. The summed E-state index contributed by atoms with van der Waals surface area (Å²) in [4.78, 5) is 38.3. The first-order valence-corrected chi connectivity index (χ1v) is 34.2. The van der Waals surface area contributed by atoms with E-state index in [0.29, 0.717) is 19.3 Å². The number of hydrogen-bond acceptors (Lipinski definition) is 6. The maximum absolute atomic E-state index is 12.9. The van der Waals surface area contributed by atoms with Gasteiger partial charge in [-0.3, -0.25) is 14.4 Å². The molecule has 0 N–H and O–H groups in total. The number of hydrogen-bond donors (Lipinski definition) is 0. The molecule has 0 radical (unpaired) electrons. The molecule has 0 saturated heterocycles. The number of unbranched alkanes of at least 4 members (excludes halogenated alkanes) is 35. The summed E-state index contributed by atoms with van der Waals surface area (Å²) in [6.07, 6.45) is 91.5. The van der Waals surface area contributed by atoms with E-state index in [1.54, 1.807) is 0 Å². The molecule has 0 aromatic rings. The van der Waals surface area contributed by atoms with Crippen LogP contribution in [0.1, 0.15) is 335 Å². The lowest BCUT2D eigenvalue weighted by Gasteiger charge is -2.18. The molecule has 80 heavy (non-hydrogen) atoms. The van der Waals surface area contributed by atoms with Crippen LogP contribution in [0, 0.1) is 0 Å². The first-order chi connectivity index (χ1) is 39.5. The van der Waals surface area contributed by atoms with Crippen molar-refractivity contribution in [2.75, 3.05) is 13.2 Å². The second kappa shape index (κ2) is 67.8. The van der Waals surface area contributed by atoms with Crippen LogP contribution < -0.4 is 0 Å². The summed E-state index contributed by atoms with van der Waals surface area (Å²) < 4.78 is 16.9. The molecule has 0 heterocycles. The van der Waals surface area contributed by atoms with E-state index in [9.17, 15) is 14.4 Å². The SMILES string of the molecule is CC/C=C\C/C=C\C/C=C\C/C=C\C/C=C\CCCCCCCCCCCCCCCCCCCC(=O)OCC(COC(=O)CCCCCCC/C=C\C/C=C\CCC)OC(=O)CCCCCCC/C=C\CCCCCCCCC. The Kier molecular flexibility index (Phi) is 64.7. The fourth-order valence-corrected chi connectivity index (χ4v) is 9.68. The lowest BCUT2D eigenvalue weighted by Crippen LogP contribution is -2.30. The van der Waals surface area contributed by atoms with E-state index in [2.05, 4.69) is 118 Å². The van der Waals surface area contributed by atoms with Gasteiger partial charge in [0.2, 0.25) is 0 Å². The lowest BCUT2D eigenvalue weighted by atomic mass is 10.0. The summed E-state index contributed by atoms with van der Waals surface area (Å²) in [5.74, 6) is -0.891. The van der Waals surface area contributed by atoms with Crippen molar-refractivity contribution in [3.05, 3.63) is 97.2 Å². The van der Waals surface area contributed by atoms with Gasteiger partial charge in [0, 0.05) is 19.3 Å². The molecule has 0 bridgehead atoms. The normalized spacial score (nSPS) is 12.7. The number of allylic oxidation sites excluding steroid dienone is 16.